The number of nitrogens with zero attached hydrogens (tertiary/aromatic N) is 3. The van der Waals surface area contributed by atoms with Crippen molar-refractivity contribution < 1.29 is 9.13 Å². The van der Waals surface area contributed by atoms with Crippen LogP contribution in [0.2, 0.25) is 0 Å². The number of nitrogens with two attached hydrogens (primary N) is 1. The molecule has 4 rings (SSSR count). The number of rotatable bonds is 3. The highest BCUT2D eigenvalue weighted by Gasteiger charge is 2.19. The second-order valence-electron chi connectivity index (χ2n) is 6.17. The van der Waals surface area contributed by atoms with Crippen LogP contribution in [0.4, 0.5) is 16.2 Å². The highest BCUT2D eigenvalue weighted by atomic mass is 19.1. The van der Waals surface area contributed by atoms with E-state index >= 15 is 0 Å². The zero-order valence-electron chi connectivity index (χ0n) is 14.1. The van der Waals surface area contributed by atoms with Gasteiger partial charge >= 0.3 is 0 Å². The van der Waals surface area contributed by atoms with Crippen LogP contribution in [0.3, 0.4) is 0 Å². The Morgan fingerprint density at radius 3 is 2.92 bits per heavy atom. The van der Waals surface area contributed by atoms with Gasteiger partial charge in [0.15, 0.2) is 5.65 Å². The maximum Gasteiger partial charge on any atom is 0.226 e. The first kappa shape index (κ1) is 15.6. The lowest BCUT2D eigenvalue weighted by Crippen LogP contribution is -2.09. The Balaban J connectivity index is 1.68. The Bertz CT molecular complexity index is 989. The van der Waals surface area contributed by atoms with E-state index in [4.69, 9.17) is 10.5 Å². The monoisotopic (exact) mass is 339 g/mol. The van der Waals surface area contributed by atoms with Crippen LogP contribution in [0.15, 0.2) is 18.2 Å². The molecule has 3 N–H and O–H groups in total. The van der Waals surface area contributed by atoms with Crippen molar-refractivity contribution >= 4 is 22.8 Å². The van der Waals surface area contributed by atoms with E-state index in [9.17, 15) is 4.39 Å². The molecule has 2 aromatic heterocycles. The summed E-state index contributed by atoms with van der Waals surface area (Å²) in [4.78, 5) is 13.1. The molecule has 0 saturated carbocycles. The Morgan fingerprint density at radius 1 is 1.24 bits per heavy atom. The number of aryl methyl sites for hydroxylation is 2. The lowest BCUT2D eigenvalue weighted by atomic mass is 10.0. The first-order chi connectivity index (χ1) is 12.0. The minimum Gasteiger partial charge on any atom is -0.493 e. The Kier molecular flexibility index (Phi) is 3.63. The van der Waals surface area contributed by atoms with Gasteiger partial charge in [-0.2, -0.15) is 9.97 Å². The average Bonchev–Trinajstić information content (AvgIpc) is 3.01. The molecule has 0 spiro atoms. The summed E-state index contributed by atoms with van der Waals surface area (Å²) in [7, 11) is 0. The van der Waals surface area contributed by atoms with E-state index in [1.807, 2.05) is 19.9 Å². The molecular formula is C18H18FN5O. The van der Waals surface area contributed by atoms with E-state index < -0.39 is 0 Å². The molecule has 25 heavy (non-hydrogen) atoms. The number of pyridine rings is 1. The first-order valence-corrected chi connectivity index (χ1v) is 8.11. The number of ether oxygens (including phenoxy) is 1. The van der Waals surface area contributed by atoms with Crippen LogP contribution in [0.1, 0.15) is 22.4 Å². The van der Waals surface area contributed by atoms with E-state index in [1.165, 1.54) is 6.07 Å². The van der Waals surface area contributed by atoms with Crippen molar-refractivity contribution in [3.8, 4) is 5.75 Å². The number of fused-ring (bicyclic) bond motifs is 2. The van der Waals surface area contributed by atoms with Crippen LogP contribution in [0.25, 0.3) is 11.0 Å². The van der Waals surface area contributed by atoms with E-state index in [1.54, 1.807) is 6.07 Å². The second kappa shape index (κ2) is 5.84. The fourth-order valence-corrected chi connectivity index (χ4v) is 3.26. The molecule has 7 heteroatoms. The number of aromatic nitrogens is 3. The first-order valence-electron chi connectivity index (χ1n) is 8.11. The van der Waals surface area contributed by atoms with Gasteiger partial charge in [0.1, 0.15) is 17.4 Å². The molecule has 3 aromatic rings. The summed E-state index contributed by atoms with van der Waals surface area (Å²) < 4.78 is 19.7. The van der Waals surface area contributed by atoms with Crippen molar-refractivity contribution in [1.82, 2.24) is 15.0 Å². The molecule has 1 aliphatic rings. The molecule has 128 valence electrons. The molecule has 0 fully saturated rings. The molecule has 0 saturated heterocycles. The van der Waals surface area contributed by atoms with Gasteiger partial charge in [0.05, 0.1) is 12.0 Å². The number of hydrogen-bond donors (Lipinski definition) is 2. The molecule has 0 aliphatic carbocycles. The smallest absolute Gasteiger partial charge is 0.226 e. The normalized spacial score (nSPS) is 12.9. The molecule has 0 atom stereocenters. The number of halogens is 1. The minimum atomic E-state index is -0.268. The Morgan fingerprint density at radius 2 is 2.08 bits per heavy atom. The van der Waals surface area contributed by atoms with Crippen LogP contribution in [0, 0.1) is 19.7 Å². The lowest BCUT2D eigenvalue weighted by molar-refractivity contribution is 0.356. The maximum absolute atomic E-state index is 14.2. The van der Waals surface area contributed by atoms with Gasteiger partial charge in [-0.25, -0.2) is 9.37 Å². The summed E-state index contributed by atoms with van der Waals surface area (Å²) in [5, 5.41) is 3.81. The third-order valence-electron chi connectivity index (χ3n) is 4.38. The minimum absolute atomic E-state index is 0.258. The number of nitrogens with one attached hydrogen (secondary N) is 1. The fourth-order valence-electron chi connectivity index (χ4n) is 3.26. The lowest BCUT2D eigenvalue weighted by Gasteiger charge is -2.12. The molecule has 0 unspecified atom stereocenters. The maximum atomic E-state index is 14.2. The van der Waals surface area contributed by atoms with Crippen LogP contribution in [-0.4, -0.2) is 21.6 Å². The van der Waals surface area contributed by atoms with Gasteiger partial charge in [0, 0.05) is 29.8 Å². The van der Waals surface area contributed by atoms with Crippen LogP contribution in [-0.2, 0) is 13.0 Å². The molecule has 0 bridgehead atoms. The Labute approximate surface area is 144 Å². The second-order valence-corrected chi connectivity index (χ2v) is 6.17. The summed E-state index contributed by atoms with van der Waals surface area (Å²) in [5.74, 6) is 1.17. The van der Waals surface area contributed by atoms with Crippen molar-refractivity contribution in [2.24, 2.45) is 0 Å². The molecule has 1 aliphatic heterocycles. The van der Waals surface area contributed by atoms with Gasteiger partial charge in [0.25, 0.3) is 0 Å². The summed E-state index contributed by atoms with van der Waals surface area (Å²) in [6, 6.07) is 5.03. The fraction of sp³-hybridized carbons (Fsp3) is 0.278. The molecule has 1 aromatic carbocycles. The standard InChI is InChI=1S/C18H18FN5O/c1-9-7-10(2)22-17-15(9)16(20)23-18(24-17)21-8-12-11-5-6-25-14(11)4-3-13(12)19/h3-4,7H,5-6,8H2,1-2H3,(H3,20,21,22,23,24). The molecule has 0 amide bonds. The van der Waals surface area contributed by atoms with Crippen molar-refractivity contribution in [3.05, 3.63) is 46.4 Å². The third kappa shape index (κ3) is 2.71. The summed E-state index contributed by atoms with van der Waals surface area (Å²) in [6.07, 6.45) is 0.699. The van der Waals surface area contributed by atoms with Gasteiger partial charge in [-0.15, -0.1) is 0 Å². The summed E-state index contributed by atoms with van der Waals surface area (Å²) >= 11 is 0. The van der Waals surface area contributed by atoms with Gasteiger partial charge in [-0.1, -0.05) is 0 Å². The largest absolute Gasteiger partial charge is 0.493 e. The Hall–Kier alpha value is -2.96. The highest BCUT2D eigenvalue weighted by molar-refractivity contribution is 5.89. The summed E-state index contributed by atoms with van der Waals surface area (Å²) in [5.41, 5.74) is 9.92. The SMILES string of the molecule is Cc1cc(C)c2c(N)nc(NCc3c(F)ccc4c3CCO4)nc2n1. The van der Waals surface area contributed by atoms with Crippen molar-refractivity contribution in [3.63, 3.8) is 0 Å². The van der Waals surface area contributed by atoms with Crippen LogP contribution < -0.4 is 15.8 Å². The van der Waals surface area contributed by atoms with Crippen LogP contribution >= 0.6 is 0 Å². The van der Waals surface area contributed by atoms with E-state index in [-0.39, 0.29) is 12.4 Å². The van der Waals surface area contributed by atoms with E-state index in [2.05, 4.69) is 20.3 Å². The highest BCUT2D eigenvalue weighted by Crippen LogP contribution is 2.30. The predicted octanol–water partition coefficient (Wildman–Crippen LogP) is 2.91. The zero-order valence-corrected chi connectivity index (χ0v) is 14.1. The number of nitrogen functional groups attached to an aromatic ring is 1. The topological polar surface area (TPSA) is 86.0 Å². The van der Waals surface area contributed by atoms with Gasteiger partial charge in [0.2, 0.25) is 5.95 Å². The van der Waals surface area contributed by atoms with Gasteiger partial charge < -0.3 is 15.8 Å². The van der Waals surface area contributed by atoms with Crippen molar-refractivity contribution in [1.29, 1.82) is 0 Å². The molecule has 0 radical (unpaired) electrons. The van der Waals surface area contributed by atoms with Crippen molar-refractivity contribution in [2.45, 2.75) is 26.8 Å². The van der Waals surface area contributed by atoms with Gasteiger partial charge in [-0.05, 0) is 37.6 Å². The zero-order chi connectivity index (χ0) is 17.6. The van der Waals surface area contributed by atoms with Crippen LogP contribution in [0.5, 0.6) is 5.75 Å². The average molecular weight is 339 g/mol. The number of anilines is 2. The van der Waals surface area contributed by atoms with E-state index in [0.29, 0.717) is 36.0 Å². The molecule has 6 nitrogen and oxygen atoms in total. The van der Waals surface area contributed by atoms with Crippen molar-refractivity contribution in [2.75, 3.05) is 17.7 Å². The third-order valence-corrected chi connectivity index (χ3v) is 4.38. The number of benzene rings is 1. The summed E-state index contributed by atoms with van der Waals surface area (Å²) in [6.45, 7) is 4.69. The quantitative estimate of drug-likeness (QED) is 0.763. The van der Waals surface area contributed by atoms with Gasteiger partial charge in [-0.3, -0.25) is 0 Å². The van der Waals surface area contributed by atoms with E-state index in [0.717, 1.165) is 28.0 Å². The molecule has 3 heterocycles. The predicted molar refractivity (Wildman–Crippen MR) is 94.1 cm³/mol. The molecular weight excluding hydrogens is 321 g/mol. The number of hydrogen-bond acceptors (Lipinski definition) is 6.